The molecule has 0 bridgehead atoms. The van der Waals surface area contributed by atoms with Crippen molar-refractivity contribution in [3.05, 3.63) is 17.7 Å². The Labute approximate surface area is 153 Å². The van der Waals surface area contributed by atoms with E-state index in [-0.39, 0.29) is 5.75 Å². The summed E-state index contributed by atoms with van der Waals surface area (Å²) in [6, 6.07) is 3.40. The van der Waals surface area contributed by atoms with E-state index in [1.165, 1.54) is 21.1 Å². The van der Waals surface area contributed by atoms with E-state index in [0.717, 1.165) is 19.4 Å². The number of carbonyl (C=O) groups is 1. The largest absolute Gasteiger partial charge is 0.493 e. The molecule has 1 rings (SSSR count). The van der Waals surface area contributed by atoms with Gasteiger partial charge in [0.2, 0.25) is 5.75 Å². The molecule has 8 heteroatoms. The van der Waals surface area contributed by atoms with E-state index in [9.17, 15) is 4.79 Å². The first-order valence-electron chi connectivity index (χ1n) is 7.92. The van der Waals surface area contributed by atoms with Gasteiger partial charge in [-0.2, -0.15) is 5.10 Å². The first-order chi connectivity index (χ1) is 11.9. The molecule has 0 saturated carbocycles. The molecule has 0 aliphatic heterocycles. The average Bonchev–Trinajstić information content (AvgIpc) is 2.59. The summed E-state index contributed by atoms with van der Waals surface area (Å²) >= 11 is 5.27. The van der Waals surface area contributed by atoms with Crippen LogP contribution in [0.2, 0.25) is 0 Å². The average molecular weight is 367 g/mol. The molecular formula is C17H25N3O4S. The number of methoxy groups -OCH3 is 2. The van der Waals surface area contributed by atoms with E-state index in [4.69, 9.17) is 26.4 Å². The van der Waals surface area contributed by atoms with Crippen LogP contribution in [-0.2, 0) is 4.79 Å². The highest BCUT2D eigenvalue weighted by molar-refractivity contribution is 7.80. The van der Waals surface area contributed by atoms with Crippen molar-refractivity contribution in [1.29, 1.82) is 0 Å². The van der Waals surface area contributed by atoms with Crippen LogP contribution in [0.1, 0.15) is 32.3 Å². The van der Waals surface area contributed by atoms with Crippen molar-refractivity contribution in [3.63, 3.8) is 0 Å². The molecule has 0 fully saturated rings. The molecule has 1 N–H and O–H groups in total. The van der Waals surface area contributed by atoms with Crippen molar-refractivity contribution >= 4 is 29.5 Å². The molecule has 0 amide bonds. The number of hydrogen-bond donors (Lipinski definition) is 1. The van der Waals surface area contributed by atoms with E-state index >= 15 is 0 Å². The maximum Gasteiger partial charge on any atom is 0.308 e. The van der Waals surface area contributed by atoms with Gasteiger partial charge in [-0.05, 0) is 30.8 Å². The van der Waals surface area contributed by atoms with Crippen molar-refractivity contribution in [1.82, 2.24) is 10.3 Å². The summed E-state index contributed by atoms with van der Waals surface area (Å²) in [5.41, 5.74) is 0.716. The fourth-order valence-electron chi connectivity index (χ4n) is 1.91. The van der Waals surface area contributed by atoms with Crippen molar-refractivity contribution in [3.8, 4) is 17.2 Å². The Morgan fingerprint density at radius 1 is 1.32 bits per heavy atom. The smallest absolute Gasteiger partial charge is 0.308 e. The van der Waals surface area contributed by atoms with Crippen LogP contribution in [0.5, 0.6) is 17.2 Å². The van der Waals surface area contributed by atoms with Gasteiger partial charge in [0.05, 0.1) is 20.4 Å². The number of rotatable bonds is 8. The third-order valence-corrected chi connectivity index (χ3v) is 3.62. The maximum absolute atomic E-state index is 11.2. The fourth-order valence-corrected chi connectivity index (χ4v) is 2.06. The Bertz CT molecular complexity index is 609. The summed E-state index contributed by atoms with van der Waals surface area (Å²) in [7, 11) is 4.74. The van der Waals surface area contributed by atoms with Gasteiger partial charge >= 0.3 is 5.97 Å². The molecule has 0 aromatic heterocycles. The Morgan fingerprint density at radius 2 is 1.92 bits per heavy atom. The number of unbranched alkanes of at least 4 members (excludes halogenated alkanes) is 1. The minimum Gasteiger partial charge on any atom is -0.493 e. The molecule has 0 aliphatic carbocycles. The van der Waals surface area contributed by atoms with Gasteiger partial charge in [0.25, 0.3) is 0 Å². The molecule has 0 spiro atoms. The normalized spacial score (nSPS) is 10.4. The zero-order chi connectivity index (χ0) is 18.8. The van der Waals surface area contributed by atoms with Crippen LogP contribution in [-0.4, -0.2) is 50.1 Å². The quantitative estimate of drug-likeness (QED) is 0.189. The first-order valence-corrected chi connectivity index (χ1v) is 8.33. The SMILES string of the molecule is CCCCNC(=S)N(C)/N=C\c1cc(OC)c(OC(C)=O)c(OC)c1. The van der Waals surface area contributed by atoms with Gasteiger partial charge < -0.3 is 19.5 Å². The molecular weight excluding hydrogens is 342 g/mol. The number of carbonyl (C=O) groups excluding carboxylic acids is 1. The molecule has 25 heavy (non-hydrogen) atoms. The summed E-state index contributed by atoms with van der Waals surface area (Å²) in [6.45, 7) is 4.25. The molecule has 138 valence electrons. The van der Waals surface area contributed by atoms with E-state index in [1.54, 1.807) is 30.4 Å². The minimum absolute atomic E-state index is 0.236. The predicted octanol–water partition coefficient (Wildman–Crippen LogP) is 2.57. The van der Waals surface area contributed by atoms with Gasteiger partial charge in [-0.3, -0.25) is 4.79 Å². The minimum atomic E-state index is -0.457. The lowest BCUT2D eigenvalue weighted by Gasteiger charge is -2.16. The topological polar surface area (TPSA) is 72.4 Å². The van der Waals surface area contributed by atoms with Crippen molar-refractivity contribution in [2.45, 2.75) is 26.7 Å². The number of nitrogens with one attached hydrogen (secondary N) is 1. The second kappa shape index (κ2) is 10.5. The van der Waals surface area contributed by atoms with Crippen molar-refractivity contribution in [2.24, 2.45) is 5.10 Å². The van der Waals surface area contributed by atoms with Crippen LogP contribution in [0.15, 0.2) is 17.2 Å². The third-order valence-electron chi connectivity index (χ3n) is 3.21. The molecule has 1 aromatic rings. The lowest BCUT2D eigenvalue weighted by Crippen LogP contribution is -2.34. The lowest BCUT2D eigenvalue weighted by molar-refractivity contribution is -0.132. The third kappa shape index (κ3) is 6.58. The van der Waals surface area contributed by atoms with Crippen LogP contribution in [0.25, 0.3) is 0 Å². The highest BCUT2D eigenvalue weighted by Crippen LogP contribution is 2.38. The predicted molar refractivity (Wildman–Crippen MR) is 102 cm³/mol. The molecule has 0 saturated heterocycles. The van der Waals surface area contributed by atoms with E-state index in [2.05, 4.69) is 17.3 Å². The monoisotopic (exact) mass is 367 g/mol. The lowest BCUT2D eigenvalue weighted by atomic mass is 10.2. The molecule has 0 atom stereocenters. The van der Waals surface area contributed by atoms with Gasteiger partial charge in [-0.1, -0.05) is 13.3 Å². The second-order valence-corrected chi connectivity index (χ2v) is 5.59. The maximum atomic E-state index is 11.2. The first kappa shape index (κ1) is 20.7. The zero-order valence-electron chi connectivity index (χ0n) is 15.3. The number of esters is 1. The molecule has 0 unspecified atom stereocenters. The van der Waals surface area contributed by atoms with Crippen LogP contribution >= 0.6 is 12.2 Å². The molecule has 0 aliphatic rings. The number of ether oxygens (including phenoxy) is 3. The number of thiocarbonyl (C=S) groups is 1. The molecule has 1 aromatic carbocycles. The molecule has 0 radical (unpaired) electrons. The van der Waals surface area contributed by atoms with Gasteiger partial charge in [-0.25, -0.2) is 5.01 Å². The Morgan fingerprint density at radius 3 is 2.40 bits per heavy atom. The van der Waals surface area contributed by atoms with Gasteiger partial charge in [0.1, 0.15) is 0 Å². The van der Waals surface area contributed by atoms with Crippen LogP contribution in [0, 0.1) is 0 Å². The van der Waals surface area contributed by atoms with Crippen LogP contribution < -0.4 is 19.5 Å². The summed E-state index contributed by atoms with van der Waals surface area (Å²) < 4.78 is 15.7. The Balaban J connectivity index is 2.94. The number of nitrogens with zero attached hydrogens (tertiary/aromatic N) is 2. The summed E-state index contributed by atoms with van der Waals surface area (Å²) in [5.74, 6) is 0.533. The Hall–Kier alpha value is -2.35. The highest BCUT2D eigenvalue weighted by atomic mass is 32.1. The highest BCUT2D eigenvalue weighted by Gasteiger charge is 2.15. The number of benzene rings is 1. The van der Waals surface area contributed by atoms with Crippen molar-refractivity contribution < 1.29 is 19.0 Å². The van der Waals surface area contributed by atoms with E-state index in [0.29, 0.717) is 22.2 Å². The standard InChI is InChI=1S/C17H25N3O4S/c1-6-7-8-18-17(25)20(3)19-11-13-9-14(22-4)16(24-12(2)21)15(10-13)23-5/h9-11H,6-8H2,1-5H3,(H,18,25)/b19-11-. The summed E-state index contributed by atoms with van der Waals surface area (Å²) in [6.07, 6.45) is 3.76. The fraction of sp³-hybridized carbons (Fsp3) is 0.471. The van der Waals surface area contributed by atoms with Crippen molar-refractivity contribution in [2.75, 3.05) is 27.8 Å². The van der Waals surface area contributed by atoms with Gasteiger partial charge in [-0.15, -0.1) is 0 Å². The number of hydrazone groups is 1. The summed E-state index contributed by atoms with van der Waals surface area (Å²) in [4.78, 5) is 11.2. The number of hydrogen-bond acceptors (Lipinski definition) is 6. The van der Waals surface area contributed by atoms with Crippen LogP contribution in [0.3, 0.4) is 0 Å². The zero-order valence-corrected chi connectivity index (χ0v) is 16.1. The van der Waals surface area contributed by atoms with Gasteiger partial charge in [0.15, 0.2) is 16.6 Å². The Kier molecular flexibility index (Phi) is 8.69. The van der Waals surface area contributed by atoms with Crippen LogP contribution in [0.4, 0.5) is 0 Å². The van der Waals surface area contributed by atoms with E-state index in [1.807, 2.05) is 0 Å². The van der Waals surface area contributed by atoms with E-state index < -0.39 is 5.97 Å². The summed E-state index contributed by atoms with van der Waals surface area (Å²) in [5, 5.41) is 9.55. The second-order valence-electron chi connectivity index (χ2n) is 5.20. The molecule has 7 nitrogen and oxygen atoms in total. The molecule has 0 heterocycles. The van der Waals surface area contributed by atoms with Gasteiger partial charge in [0, 0.05) is 26.1 Å².